The van der Waals surface area contributed by atoms with Gasteiger partial charge in [-0.15, -0.1) is 11.8 Å². The molecule has 178 valence electrons. The number of hydrogen-bond acceptors (Lipinski definition) is 5. The molecule has 0 spiro atoms. The van der Waals surface area contributed by atoms with E-state index in [1.54, 1.807) is 24.6 Å². The summed E-state index contributed by atoms with van der Waals surface area (Å²) in [5.74, 6) is -3.32. The molecule has 1 amide bonds. The van der Waals surface area contributed by atoms with Gasteiger partial charge < -0.3 is 9.64 Å². The Bertz CT molecular complexity index is 1220. The first-order valence-corrected chi connectivity index (χ1v) is 12.1. The highest BCUT2D eigenvalue weighted by molar-refractivity contribution is 7.98. The van der Waals surface area contributed by atoms with Gasteiger partial charge in [-0.05, 0) is 43.7 Å². The summed E-state index contributed by atoms with van der Waals surface area (Å²) in [6, 6.07) is 5.72. The van der Waals surface area contributed by atoms with Crippen LogP contribution in [0.4, 0.5) is 13.2 Å². The molecule has 1 fully saturated rings. The number of aromatic nitrogens is 2. The SMILES string of the molecule is CSc1ccc(F)c(-c2nc(C(=O)N(C)C)c(-c3cccnc3)c(C3CCCCO3)c2F)c1F. The van der Waals surface area contributed by atoms with E-state index in [0.717, 1.165) is 30.7 Å². The molecule has 1 atom stereocenters. The molecule has 34 heavy (non-hydrogen) atoms. The maximum atomic E-state index is 16.3. The van der Waals surface area contributed by atoms with Crippen LogP contribution in [0.1, 0.15) is 41.4 Å². The van der Waals surface area contributed by atoms with Gasteiger partial charge in [0.15, 0.2) is 5.82 Å². The van der Waals surface area contributed by atoms with Crippen molar-refractivity contribution in [3.8, 4) is 22.4 Å². The first kappa shape index (κ1) is 24.2. The molecule has 2 aromatic heterocycles. The van der Waals surface area contributed by atoms with Crippen LogP contribution in [0, 0.1) is 17.5 Å². The molecule has 0 N–H and O–H groups in total. The summed E-state index contributed by atoms with van der Waals surface area (Å²) < 4.78 is 52.4. The number of benzene rings is 1. The molecule has 9 heteroatoms. The molecule has 0 bridgehead atoms. The minimum absolute atomic E-state index is 0.0660. The van der Waals surface area contributed by atoms with Crippen LogP contribution in [0.2, 0.25) is 0 Å². The Hall–Kier alpha value is -2.91. The minimum atomic E-state index is -0.963. The monoisotopic (exact) mass is 487 g/mol. The molecular weight excluding hydrogens is 463 g/mol. The second kappa shape index (κ2) is 10.1. The Morgan fingerprint density at radius 3 is 2.53 bits per heavy atom. The van der Waals surface area contributed by atoms with E-state index in [9.17, 15) is 9.18 Å². The van der Waals surface area contributed by atoms with Gasteiger partial charge in [0.25, 0.3) is 5.91 Å². The van der Waals surface area contributed by atoms with Gasteiger partial charge in [-0.25, -0.2) is 18.2 Å². The van der Waals surface area contributed by atoms with Crippen molar-refractivity contribution in [2.75, 3.05) is 27.0 Å². The van der Waals surface area contributed by atoms with Crippen LogP contribution >= 0.6 is 11.8 Å². The van der Waals surface area contributed by atoms with Crippen molar-refractivity contribution < 1.29 is 22.7 Å². The quantitative estimate of drug-likeness (QED) is 0.420. The fourth-order valence-electron chi connectivity index (χ4n) is 4.10. The average molecular weight is 488 g/mol. The zero-order valence-corrected chi connectivity index (χ0v) is 19.9. The lowest BCUT2D eigenvalue weighted by Crippen LogP contribution is -2.26. The third-order valence-electron chi connectivity index (χ3n) is 5.75. The third-order valence-corrected chi connectivity index (χ3v) is 6.50. The molecular formula is C25H24F3N3O2S. The molecule has 0 radical (unpaired) electrons. The van der Waals surface area contributed by atoms with Gasteiger partial charge in [-0.3, -0.25) is 9.78 Å². The molecule has 1 saturated heterocycles. The largest absolute Gasteiger partial charge is 0.373 e. The molecule has 1 aliphatic rings. The van der Waals surface area contributed by atoms with Crippen molar-refractivity contribution in [3.63, 3.8) is 0 Å². The first-order chi connectivity index (χ1) is 16.3. The number of rotatable bonds is 5. The van der Waals surface area contributed by atoms with E-state index in [0.29, 0.717) is 18.6 Å². The Morgan fingerprint density at radius 2 is 1.91 bits per heavy atom. The summed E-state index contributed by atoms with van der Waals surface area (Å²) in [5.41, 5.74) is -0.515. The van der Waals surface area contributed by atoms with Crippen molar-refractivity contribution in [3.05, 3.63) is 65.4 Å². The van der Waals surface area contributed by atoms with Crippen LogP contribution in [0.5, 0.6) is 0 Å². The number of ether oxygens (including phenoxy) is 1. The predicted molar refractivity (Wildman–Crippen MR) is 125 cm³/mol. The topological polar surface area (TPSA) is 55.3 Å². The smallest absolute Gasteiger partial charge is 0.272 e. The minimum Gasteiger partial charge on any atom is -0.373 e. The second-order valence-electron chi connectivity index (χ2n) is 8.15. The van der Waals surface area contributed by atoms with E-state index in [1.165, 1.54) is 31.3 Å². The Morgan fingerprint density at radius 1 is 1.12 bits per heavy atom. The average Bonchev–Trinajstić information content (AvgIpc) is 2.85. The summed E-state index contributed by atoms with van der Waals surface area (Å²) in [6.45, 7) is 0.413. The molecule has 5 nitrogen and oxygen atoms in total. The van der Waals surface area contributed by atoms with Gasteiger partial charge in [-0.1, -0.05) is 6.07 Å². The zero-order chi connectivity index (χ0) is 24.4. The molecule has 1 unspecified atom stereocenters. The fraction of sp³-hybridized carbons (Fsp3) is 0.320. The van der Waals surface area contributed by atoms with E-state index in [4.69, 9.17) is 4.74 Å². The van der Waals surface area contributed by atoms with Gasteiger partial charge in [0.2, 0.25) is 0 Å². The zero-order valence-electron chi connectivity index (χ0n) is 19.1. The summed E-state index contributed by atoms with van der Waals surface area (Å²) in [4.78, 5) is 23.1. The van der Waals surface area contributed by atoms with E-state index in [-0.39, 0.29) is 21.7 Å². The standard InChI is InChI=1S/C25H24F3N3O2S/c1-31(2)25(32)24-18(14-7-6-11-29-13-14)20(16-8-4-5-12-33-16)22(28)23(30-24)19-15(26)9-10-17(34-3)21(19)27/h6-7,9-11,13,16H,4-5,8,12H2,1-3H3. The molecule has 0 saturated carbocycles. The normalized spacial score (nSPS) is 15.9. The van der Waals surface area contributed by atoms with Crippen molar-refractivity contribution in [1.29, 1.82) is 0 Å². The number of amides is 1. The number of nitrogens with zero attached hydrogens (tertiary/aromatic N) is 3. The van der Waals surface area contributed by atoms with Gasteiger partial charge >= 0.3 is 0 Å². The molecule has 1 aliphatic heterocycles. The van der Waals surface area contributed by atoms with Crippen molar-refractivity contribution in [2.24, 2.45) is 0 Å². The maximum Gasteiger partial charge on any atom is 0.272 e. The summed E-state index contributed by atoms with van der Waals surface area (Å²) >= 11 is 1.07. The molecule has 3 heterocycles. The summed E-state index contributed by atoms with van der Waals surface area (Å²) in [5, 5.41) is 0. The van der Waals surface area contributed by atoms with Crippen LogP contribution < -0.4 is 0 Å². The lowest BCUT2D eigenvalue weighted by atomic mass is 9.89. The van der Waals surface area contributed by atoms with Gasteiger partial charge in [0.05, 0.1) is 11.7 Å². The molecule has 3 aromatic rings. The van der Waals surface area contributed by atoms with Gasteiger partial charge in [-0.2, -0.15) is 0 Å². The number of pyridine rings is 2. The number of halogens is 3. The lowest BCUT2D eigenvalue weighted by molar-refractivity contribution is 0.0131. The fourth-order valence-corrected chi connectivity index (χ4v) is 4.58. The number of carbonyl (C=O) groups excluding carboxylic acids is 1. The highest BCUT2D eigenvalue weighted by atomic mass is 32.2. The van der Waals surface area contributed by atoms with Crippen LogP contribution in [0.25, 0.3) is 22.4 Å². The van der Waals surface area contributed by atoms with Crippen molar-refractivity contribution >= 4 is 17.7 Å². The van der Waals surface area contributed by atoms with E-state index in [2.05, 4.69) is 9.97 Å². The number of hydrogen-bond donors (Lipinski definition) is 0. The summed E-state index contributed by atoms with van der Waals surface area (Å²) in [6.07, 6.45) is 6.11. The third kappa shape index (κ3) is 4.42. The predicted octanol–water partition coefficient (Wildman–Crippen LogP) is 5.89. The first-order valence-electron chi connectivity index (χ1n) is 10.8. The highest BCUT2D eigenvalue weighted by Crippen LogP contribution is 2.43. The van der Waals surface area contributed by atoms with Crippen molar-refractivity contribution in [1.82, 2.24) is 14.9 Å². The Balaban J connectivity index is 2.12. The molecule has 4 rings (SSSR count). The Kier molecular flexibility index (Phi) is 7.23. The van der Waals surface area contributed by atoms with E-state index in [1.807, 2.05) is 0 Å². The highest BCUT2D eigenvalue weighted by Gasteiger charge is 2.33. The summed E-state index contributed by atoms with van der Waals surface area (Å²) in [7, 11) is 3.07. The van der Waals surface area contributed by atoms with E-state index < -0.39 is 40.7 Å². The number of carbonyl (C=O) groups is 1. The maximum absolute atomic E-state index is 16.3. The van der Waals surface area contributed by atoms with E-state index >= 15 is 8.78 Å². The van der Waals surface area contributed by atoms with Gasteiger partial charge in [0, 0.05) is 54.7 Å². The van der Waals surface area contributed by atoms with Crippen LogP contribution in [-0.4, -0.2) is 47.7 Å². The van der Waals surface area contributed by atoms with Crippen LogP contribution in [-0.2, 0) is 4.74 Å². The number of thioether (sulfide) groups is 1. The Labute approximate surface area is 200 Å². The molecule has 1 aromatic carbocycles. The van der Waals surface area contributed by atoms with Gasteiger partial charge in [0.1, 0.15) is 23.0 Å². The van der Waals surface area contributed by atoms with Crippen LogP contribution in [0.3, 0.4) is 0 Å². The van der Waals surface area contributed by atoms with Crippen molar-refractivity contribution in [2.45, 2.75) is 30.3 Å². The lowest BCUT2D eigenvalue weighted by Gasteiger charge is -2.28. The molecule has 0 aliphatic carbocycles. The van der Waals surface area contributed by atoms with Crippen LogP contribution in [0.15, 0.2) is 41.6 Å². The second-order valence-corrected chi connectivity index (χ2v) is 8.99.